The van der Waals surface area contributed by atoms with E-state index in [0.717, 1.165) is 16.8 Å². The molecule has 142 valence electrons. The molecule has 5 rings (SSSR count). The summed E-state index contributed by atoms with van der Waals surface area (Å²) in [7, 11) is 1.38. The Morgan fingerprint density at radius 1 is 1.44 bits per heavy atom. The van der Waals surface area contributed by atoms with E-state index in [4.69, 9.17) is 4.74 Å². The summed E-state index contributed by atoms with van der Waals surface area (Å²) in [5.41, 5.74) is 0.970. The molecule has 4 aliphatic rings. The summed E-state index contributed by atoms with van der Waals surface area (Å²) in [5.74, 6) is -0.507. The van der Waals surface area contributed by atoms with Gasteiger partial charge in [0.1, 0.15) is 5.41 Å². The van der Waals surface area contributed by atoms with E-state index < -0.39 is 16.8 Å². The molecule has 0 unspecified atom stereocenters. The molecule has 6 nitrogen and oxygen atoms in total. The number of methoxy groups -OCH3 is 1. The highest BCUT2D eigenvalue weighted by atomic mass is 16.5. The van der Waals surface area contributed by atoms with Crippen LogP contribution < -0.4 is 5.32 Å². The van der Waals surface area contributed by atoms with Crippen molar-refractivity contribution >= 4 is 17.6 Å². The van der Waals surface area contributed by atoms with Crippen LogP contribution in [0, 0.1) is 11.3 Å². The van der Waals surface area contributed by atoms with E-state index in [1.54, 1.807) is 0 Å². The Hall–Kier alpha value is -2.34. The van der Waals surface area contributed by atoms with Gasteiger partial charge in [-0.05, 0) is 25.0 Å². The molecule has 3 fully saturated rings. The number of allylic oxidation sites excluding steroid dienone is 1. The molecule has 1 saturated carbocycles. The van der Waals surface area contributed by atoms with E-state index in [9.17, 15) is 14.7 Å². The van der Waals surface area contributed by atoms with Crippen molar-refractivity contribution in [2.75, 3.05) is 25.6 Å². The number of ether oxygens (including phenoxy) is 1. The number of para-hydroxylation sites is 1. The number of benzene rings is 1. The van der Waals surface area contributed by atoms with E-state index in [-0.39, 0.29) is 36.9 Å². The molecule has 27 heavy (non-hydrogen) atoms. The summed E-state index contributed by atoms with van der Waals surface area (Å²) >= 11 is 0. The quantitative estimate of drug-likeness (QED) is 0.610. The molecule has 1 aliphatic carbocycles. The van der Waals surface area contributed by atoms with Crippen molar-refractivity contribution in [2.24, 2.45) is 11.3 Å². The first-order valence-electron chi connectivity index (χ1n) is 9.55. The molecule has 2 saturated heterocycles. The molecule has 5 atom stereocenters. The molecule has 3 bridgehead atoms. The number of aliphatic hydroxyl groups excluding tert-OH is 1. The number of hydrogen-bond acceptors (Lipinski definition) is 5. The van der Waals surface area contributed by atoms with Gasteiger partial charge in [-0.15, -0.1) is 0 Å². The Morgan fingerprint density at radius 3 is 2.93 bits per heavy atom. The van der Waals surface area contributed by atoms with Crippen LogP contribution in [0.25, 0.3) is 0 Å². The number of fused-ring (bicyclic) bond motifs is 2. The number of amides is 1. The van der Waals surface area contributed by atoms with Crippen LogP contribution in [0.2, 0.25) is 0 Å². The SMILES string of the molecule is CC=C1CN2C(=O)C[C@@]34c5ccccc5N[C@H]3[C@@H]2C[C@@H]1[C@@]4(CO)C(=O)OC. The summed E-state index contributed by atoms with van der Waals surface area (Å²) < 4.78 is 5.29. The summed E-state index contributed by atoms with van der Waals surface area (Å²) in [6.07, 6.45) is 2.87. The normalized spacial score (nSPS) is 39.8. The largest absolute Gasteiger partial charge is 0.468 e. The van der Waals surface area contributed by atoms with Crippen molar-refractivity contribution < 1.29 is 19.4 Å². The minimum absolute atomic E-state index is 0.0108. The fourth-order valence-electron chi connectivity index (χ4n) is 6.58. The minimum atomic E-state index is -1.17. The third kappa shape index (κ3) is 1.66. The average Bonchev–Trinajstić information content (AvgIpc) is 3.04. The number of anilines is 1. The van der Waals surface area contributed by atoms with Gasteiger partial charge in [-0.3, -0.25) is 9.59 Å². The average molecular weight is 368 g/mol. The number of hydrogen-bond donors (Lipinski definition) is 2. The maximum atomic E-state index is 13.4. The van der Waals surface area contributed by atoms with Gasteiger partial charge in [-0.25, -0.2) is 0 Å². The van der Waals surface area contributed by atoms with Crippen LogP contribution >= 0.6 is 0 Å². The topological polar surface area (TPSA) is 78.9 Å². The number of carbonyl (C=O) groups excluding carboxylic acids is 2. The first-order valence-corrected chi connectivity index (χ1v) is 9.55. The maximum Gasteiger partial charge on any atom is 0.315 e. The number of aliphatic hydroxyl groups is 1. The Morgan fingerprint density at radius 2 is 2.22 bits per heavy atom. The molecule has 6 heteroatoms. The van der Waals surface area contributed by atoms with Gasteiger partial charge in [0.15, 0.2) is 0 Å². The van der Waals surface area contributed by atoms with Crippen LogP contribution in [0.3, 0.4) is 0 Å². The predicted octanol–water partition coefficient (Wildman–Crippen LogP) is 1.45. The minimum Gasteiger partial charge on any atom is -0.468 e. The second-order valence-corrected chi connectivity index (χ2v) is 8.18. The molecular formula is C21H24N2O4. The van der Waals surface area contributed by atoms with Crippen molar-refractivity contribution in [3.8, 4) is 0 Å². The summed E-state index contributed by atoms with van der Waals surface area (Å²) in [6, 6.07) is 7.79. The number of nitrogens with zero attached hydrogens (tertiary/aromatic N) is 1. The number of piperidine rings is 2. The molecule has 1 amide bonds. The van der Waals surface area contributed by atoms with E-state index in [1.807, 2.05) is 42.2 Å². The Bertz CT molecular complexity index is 881. The van der Waals surface area contributed by atoms with Gasteiger partial charge >= 0.3 is 5.97 Å². The number of nitrogens with one attached hydrogen (secondary N) is 1. The lowest BCUT2D eigenvalue weighted by molar-refractivity contribution is -0.188. The first-order chi connectivity index (χ1) is 13.0. The summed E-state index contributed by atoms with van der Waals surface area (Å²) in [6.45, 7) is 2.13. The highest BCUT2D eigenvalue weighted by molar-refractivity contribution is 5.91. The molecule has 3 aliphatic heterocycles. The van der Waals surface area contributed by atoms with Gasteiger partial charge in [-0.2, -0.15) is 0 Å². The van der Waals surface area contributed by atoms with Crippen molar-refractivity contribution in [2.45, 2.75) is 37.3 Å². The number of rotatable bonds is 2. The van der Waals surface area contributed by atoms with Crippen LogP contribution in [-0.2, 0) is 19.7 Å². The van der Waals surface area contributed by atoms with Gasteiger partial charge < -0.3 is 20.1 Å². The fraction of sp³-hybridized carbons (Fsp3) is 0.524. The Kier molecular flexibility index (Phi) is 3.33. The second-order valence-electron chi connectivity index (χ2n) is 8.18. The smallest absolute Gasteiger partial charge is 0.315 e. The zero-order valence-electron chi connectivity index (χ0n) is 15.6. The molecule has 2 N–H and O–H groups in total. The lowest BCUT2D eigenvalue weighted by Gasteiger charge is -2.66. The third-order valence-electron chi connectivity index (χ3n) is 7.62. The van der Waals surface area contributed by atoms with E-state index in [2.05, 4.69) is 5.32 Å². The van der Waals surface area contributed by atoms with Crippen LogP contribution in [0.5, 0.6) is 0 Å². The number of esters is 1. The molecule has 1 aromatic rings. The number of carbonyl (C=O) groups is 2. The van der Waals surface area contributed by atoms with Gasteiger partial charge in [0.2, 0.25) is 5.91 Å². The second kappa shape index (κ2) is 5.35. The van der Waals surface area contributed by atoms with Crippen molar-refractivity contribution in [1.82, 2.24) is 4.90 Å². The van der Waals surface area contributed by atoms with Crippen molar-refractivity contribution in [3.63, 3.8) is 0 Å². The van der Waals surface area contributed by atoms with Gasteiger partial charge in [0, 0.05) is 30.0 Å². The predicted molar refractivity (Wildman–Crippen MR) is 99.0 cm³/mol. The monoisotopic (exact) mass is 368 g/mol. The first kappa shape index (κ1) is 16.8. The van der Waals surface area contributed by atoms with E-state index in [1.165, 1.54) is 7.11 Å². The summed E-state index contributed by atoms with van der Waals surface area (Å²) in [5, 5.41) is 14.4. The molecule has 3 heterocycles. The van der Waals surface area contributed by atoms with E-state index in [0.29, 0.717) is 13.0 Å². The highest BCUT2D eigenvalue weighted by Crippen LogP contribution is 2.67. The van der Waals surface area contributed by atoms with Crippen LogP contribution in [0.1, 0.15) is 25.3 Å². The van der Waals surface area contributed by atoms with E-state index >= 15 is 0 Å². The lowest BCUT2D eigenvalue weighted by Crippen LogP contribution is -2.78. The van der Waals surface area contributed by atoms with Crippen molar-refractivity contribution in [1.29, 1.82) is 0 Å². The van der Waals surface area contributed by atoms with Crippen LogP contribution in [-0.4, -0.2) is 54.2 Å². The summed E-state index contributed by atoms with van der Waals surface area (Å²) in [4.78, 5) is 28.5. The molecule has 0 spiro atoms. The van der Waals surface area contributed by atoms with Crippen molar-refractivity contribution in [3.05, 3.63) is 41.5 Å². The maximum absolute atomic E-state index is 13.4. The standard InChI is InChI=1S/C21H24N2O4/c1-3-12-10-23-16-8-14(12)21(11-24,19(26)27-2)20(9-17(23)25)13-6-4-5-7-15(13)22-18(16)20/h3-7,14,16,18,22,24H,8-11H2,1-2H3/t14-,16-,18-,20+,21-/m0/s1. The third-order valence-corrected chi connectivity index (χ3v) is 7.62. The zero-order valence-corrected chi connectivity index (χ0v) is 15.6. The van der Waals surface area contributed by atoms with Crippen LogP contribution in [0.15, 0.2) is 35.9 Å². The van der Waals surface area contributed by atoms with Crippen LogP contribution in [0.4, 0.5) is 5.69 Å². The molecule has 0 aromatic heterocycles. The van der Waals surface area contributed by atoms with Gasteiger partial charge in [0.25, 0.3) is 0 Å². The van der Waals surface area contributed by atoms with Gasteiger partial charge in [0.05, 0.1) is 25.8 Å². The van der Waals surface area contributed by atoms with Gasteiger partial charge in [-0.1, -0.05) is 29.8 Å². The molecular weight excluding hydrogens is 344 g/mol. The zero-order chi connectivity index (χ0) is 19.0. The molecule has 1 aromatic carbocycles. The lowest BCUT2D eigenvalue weighted by atomic mass is 9.42. The fourth-order valence-corrected chi connectivity index (χ4v) is 6.58. The highest BCUT2D eigenvalue weighted by Gasteiger charge is 2.76. The molecule has 0 radical (unpaired) electrons. The Balaban J connectivity index is 1.87. The Labute approximate surface area is 158 Å².